The number of benzene rings is 1. The third-order valence-corrected chi connectivity index (χ3v) is 5.62. The van der Waals surface area contributed by atoms with Crippen molar-refractivity contribution in [2.75, 3.05) is 13.1 Å². The predicted octanol–water partition coefficient (Wildman–Crippen LogP) is 2.37. The molecule has 0 spiro atoms. The Labute approximate surface area is 182 Å². The molecule has 166 valence electrons. The molecule has 32 heavy (non-hydrogen) atoms. The molecule has 1 saturated heterocycles. The lowest BCUT2D eigenvalue weighted by Crippen LogP contribution is -2.44. The number of ether oxygens (including phenoxy) is 1. The van der Waals surface area contributed by atoms with E-state index in [0.717, 1.165) is 41.4 Å². The van der Waals surface area contributed by atoms with Crippen molar-refractivity contribution in [3.05, 3.63) is 70.0 Å². The smallest absolute Gasteiger partial charge is 0.352 e. The van der Waals surface area contributed by atoms with E-state index >= 15 is 0 Å². The van der Waals surface area contributed by atoms with Crippen LogP contribution in [0.5, 0.6) is 0 Å². The number of halogens is 2. The molecule has 0 unspecified atom stereocenters. The van der Waals surface area contributed by atoms with E-state index in [1.165, 1.54) is 10.9 Å². The number of rotatable bonds is 4. The molecular weight excluding hydrogens is 418 g/mol. The van der Waals surface area contributed by atoms with Gasteiger partial charge in [0.2, 0.25) is 0 Å². The fourth-order valence-corrected chi connectivity index (χ4v) is 4.39. The van der Waals surface area contributed by atoms with Crippen molar-refractivity contribution < 1.29 is 13.5 Å². The number of pyridine rings is 1. The van der Waals surface area contributed by atoms with E-state index in [9.17, 15) is 13.6 Å². The minimum atomic E-state index is -0.600. The summed E-state index contributed by atoms with van der Waals surface area (Å²) < 4.78 is 36.2. The van der Waals surface area contributed by atoms with Crippen LogP contribution in [-0.2, 0) is 17.8 Å². The molecular formula is C22H22F2N6O2. The first kappa shape index (κ1) is 20.7. The van der Waals surface area contributed by atoms with Crippen LogP contribution in [0.25, 0.3) is 16.7 Å². The zero-order valence-electron chi connectivity index (χ0n) is 17.7. The highest BCUT2D eigenvalue weighted by Crippen LogP contribution is 2.21. The SMILES string of the molecule is C[C@@H]1CN(Cc2cnc3c(c2)c2ncnn2c(=O)n3Cc2cc(F)ccc2F)C[C@H](C)O1. The van der Waals surface area contributed by atoms with E-state index in [2.05, 4.69) is 20.0 Å². The number of aromatic nitrogens is 5. The van der Waals surface area contributed by atoms with Gasteiger partial charge in [0.1, 0.15) is 23.6 Å². The maximum atomic E-state index is 14.3. The van der Waals surface area contributed by atoms with Crippen LogP contribution in [-0.4, -0.2) is 54.3 Å². The van der Waals surface area contributed by atoms with Gasteiger partial charge in [0.25, 0.3) is 0 Å². The molecule has 2 atom stereocenters. The summed E-state index contributed by atoms with van der Waals surface area (Å²) in [5, 5.41) is 4.64. The number of fused-ring (bicyclic) bond motifs is 3. The van der Waals surface area contributed by atoms with Gasteiger partial charge in [0.05, 0.1) is 24.1 Å². The van der Waals surface area contributed by atoms with Gasteiger partial charge in [-0.3, -0.25) is 9.47 Å². The van der Waals surface area contributed by atoms with Crippen molar-refractivity contribution in [1.29, 1.82) is 0 Å². The Balaban J connectivity index is 1.59. The lowest BCUT2D eigenvalue weighted by Gasteiger charge is -2.35. The number of hydrogen-bond acceptors (Lipinski definition) is 6. The van der Waals surface area contributed by atoms with E-state index in [4.69, 9.17) is 4.74 Å². The Bertz CT molecular complexity index is 1360. The number of hydrogen-bond donors (Lipinski definition) is 0. The molecule has 1 aliphatic heterocycles. The summed E-state index contributed by atoms with van der Waals surface area (Å²) >= 11 is 0. The van der Waals surface area contributed by atoms with Crippen molar-refractivity contribution in [2.24, 2.45) is 0 Å². The van der Waals surface area contributed by atoms with Crippen molar-refractivity contribution in [1.82, 2.24) is 29.0 Å². The first-order valence-corrected chi connectivity index (χ1v) is 10.4. The topological polar surface area (TPSA) is 77.6 Å². The molecule has 1 aliphatic rings. The van der Waals surface area contributed by atoms with Gasteiger partial charge < -0.3 is 4.74 Å². The Morgan fingerprint density at radius 3 is 2.62 bits per heavy atom. The largest absolute Gasteiger partial charge is 0.373 e. The Kier molecular flexibility index (Phi) is 5.18. The molecule has 1 aromatic carbocycles. The summed E-state index contributed by atoms with van der Waals surface area (Å²) in [5.74, 6) is -1.18. The van der Waals surface area contributed by atoms with Crippen LogP contribution in [0.1, 0.15) is 25.0 Å². The van der Waals surface area contributed by atoms with Crippen molar-refractivity contribution in [3.8, 4) is 0 Å². The molecule has 0 aliphatic carbocycles. The monoisotopic (exact) mass is 440 g/mol. The third-order valence-electron chi connectivity index (χ3n) is 5.62. The van der Waals surface area contributed by atoms with Gasteiger partial charge in [0.15, 0.2) is 5.65 Å². The average Bonchev–Trinajstić information content (AvgIpc) is 3.23. The first-order valence-electron chi connectivity index (χ1n) is 10.4. The first-order chi connectivity index (χ1) is 15.4. The van der Waals surface area contributed by atoms with Gasteiger partial charge in [-0.15, -0.1) is 0 Å². The minimum absolute atomic E-state index is 0.0510. The summed E-state index contributed by atoms with van der Waals surface area (Å²) in [6, 6.07) is 5.09. The molecule has 8 nitrogen and oxygen atoms in total. The van der Waals surface area contributed by atoms with Crippen LogP contribution in [0.15, 0.2) is 41.6 Å². The van der Waals surface area contributed by atoms with E-state index < -0.39 is 17.3 Å². The molecule has 4 heterocycles. The average molecular weight is 440 g/mol. The molecule has 0 bridgehead atoms. The summed E-state index contributed by atoms with van der Waals surface area (Å²) in [5.41, 5.74) is 1.19. The van der Waals surface area contributed by atoms with Crippen LogP contribution >= 0.6 is 0 Å². The standard InChI is InChI=1S/C22H22F2N6O2/c1-13-8-28(9-14(2)32-13)10-15-5-18-20(25-7-15)29(22(31)30-21(18)26-12-27-30)11-16-6-17(23)3-4-19(16)24/h3-7,12-14H,8-11H2,1-2H3/t13-,14+. The highest BCUT2D eigenvalue weighted by molar-refractivity contribution is 5.89. The Morgan fingerprint density at radius 1 is 1.06 bits per heavy atom. The van der Waals surface area contributed by atoms with Crippen molar-refractivity contribution in [2.45, 2.75) is 39.1 Å². The summed E-state index contributed by atoms with van der Waals surface area (Å²) in [4.78, 5) is 24.1. The second-order valence-corrected chi connectivity index (χ2v) is 8.27. The lowest BCUT2D eigenvalue weighted by atomic mass is 10.1. The fraction of sp³-hybridized carbons (Fsp3) is 0.364. The minimum Gasteiger partial charge on any atom is -0.373 e. The third kappa shape index (κ3) is 3.76. The quantitative estimate of drug-likeness (QED) is 0.485. The second-order valence-electron chi connectivity index (χ2n) is 8.27. The van der Waals surface area contributed by atoms with E-state index in [0.29, 0.717) is 23.2 Å². The molecule has 0 amide bonds. The highest BCUT2D eigenvalue weighted by Gasteiger charge is 2.23. The van der Waals surface area contributed by atoms with Gasteiger partial charge in [-0.1, -0.05) is 0 Å². The van der Waals surface area contributed by atoms with E-state index in [1.807, 2.05) is 19.9 Å². The molecule has 0 N–H and O–H groups in total. The molecule has 0 radical (unpaired) electrons. The zero-order chi connectivity index (χ0) is 22.4. The van der Waals surface area contributed by atoms with Gasteiger partial charge in [-0.25, -0.2) is 23.5 Å². The summed E-state index contributed by atoms with van der Waals surface area (Å²) in [6.45, 7) is 6.19. The van der Waals surface area contributed by atoms with Gasteiger partial charge in [-0.2, -0.15) is 9.61 Å². The molecule has 1 fully saturated rings. The molecule has 4 aromatic rings. The van der Waals surface area contributed by atoms with Crippen LogP contribution in [0.2, 0.25) is 0 Å². The van der Waals surface area contributed by atoms with Crippen molar-refractivity contribution >= 4 is 16.7 Å². The zero-order valence-corrected chi connectivity index (χ0v) is 17.7. The number of morpholine rings is 1. The number of nitrogens with zero attached hydrogens (tertiary/aromatic N) is 6. The van der Waals surface area contributed by atoms with E-state index in [-0.39, 0.29) is 24.3 Å². The van der Waals surface area contributed by atoms with Crippen molar-refractivity contribution in [3.63, 3.8) is 0 Å². The lowest BCUT2D eigenvalue weighted by molar-refractivity contribution is -0.0705. The van der Waals surface area contributed by atoms with E-state index in [1.54, 1.807) is 6.20 Å². The van der Waals surface area contributed by atoms with Gasteiger partial charge >= 0.3 is 5.69 Å². The molecule has 3 aromatic heterocycles. The van der Waals surface area contributed by atoms with Crippen LogP contribution < -0.4 is 5.69 Å². The summed E-state index contributed by atoms with van der Waals surface area (Å²) in [6.07, 6.45) is 3.28. The molecule has 10 heteroatoms. The maximum Gasteiger partial charge on any atom is 0.352 e. The van der Waals surface area contributed by atoms with Gasteiger partial charge in [0, 0.05) is 31.4 Å². The Hall–Kier alpha value is -3.24. The highest BCUT2D eigenvalue weighted by atomic mass is 19.1. The Morgan fingerprint density at radius 2 is 1.84 bits per heavy atom. The molecule has 0 saturated carbocycles. The summed E-state index contributed by atoms with van der Waals surface area (Å²) in [7, 11) is 0. The predicted molar refractivity (Wildman–Crippen MR) is 113 cm³/mol. The second kappa shape index (κ2) is 8.03. The van der Waals surface area contributed by atoms with Crippen LogP contribution in [0.4, 0.5) is 8.78 Å². The fourth-order valence-electron chi connectivity index (χ4n) is 4.39. The maximum absolute atomic E-state index is 14.3. The van der Waals surface area contributed by atoms with Gasteiger partial charge in [-0.05, 0) is 43.7 Å². The normalized spacial score (nSPS) is 19.8. The van der Waals surface area contributed by atoms with Crippen LogP contribution in [0, 0.1) is 11.6 Å². The van der Waals surface area contributed by atoms with Crippen LogP contribution in [0.3, 0.4) is 0 Å². The molecule has 5 rings (SSSR count).